The van der Waals surface area contributed by atoms with Crippen LogP contribution in [0.4, 0.5) is 0 Å². The first-order chi connectivity index (χ1) is 8.79. The number of ether oxygens (including phenoxy) is 1. The van der Waals surface area contributed by atoms with Crippen LogP contribution in [0, 0.1) is 0 Å². The van der Waals surface area contributed by atoms with Crippen molar-refractivity contribution in [1.29, 1.82) is 0 Å². The second-order valence-electron chi connectivity index (χ2n) is 3.53. The average Bonchev–Trinajstić information content (AvgIpc) is 2.39. The van der Waals surface area contributed by atoms with Crippen molar-refractivity contribution in [1.82, 2.24) is 0 Å². The van der Waals surface area contributed by atoms with Gasteiger partial charge in [-0.2, -0.15) is 0 Å². The molecule has 0 aliphatic rings. The molecule has 1 heterocycles. The number of rotatable bonds is 4. The lowest BCUT2D eigenvalue weighted by Gasteiger charge is -2.04. The Labute approximate surface area is 103 Å². The van der Waals surface area contributed by atoms with Crippen LogP contribution in [0.25, 0.3) is 0 Å². The van der Waals surface area contributed by atoms with E-state index in [4.69, 9.17) is 14.4 Å². The van der Waals surface area contributed by atoms with Gasteiger partial charge in [-0.15, -0.1) is 0 Å². The standard InChI is InChI=1S/C13H11NO4/c15-12-6-11(7-14-16)17-9-13(12)18-8-10-4-2-1-3-5-10/h1-7,9,16H,8H2/b14-7+. The Hall–Kier alpha value is -2.56. The van der Waals surface area contributed by atoms with Crippen LogP contribution in [0.2, 0.25) is 0 Å². The van der Waals surface area contributed by atoms with Gasteiger partial charge in [-0.25, -0.2) is 0 Å². The van der Waals surface area contributed by atoms with Crippen molar-refractivity contribution < 1.29 is 14.4 Å². The van der Waals surface area contributed by atoms with E-state index < -0.39 is 0 Å². The minimum absolute atomic E-state index is 0.119. The van der Waals surface area contributed by atoms with Crippen molar-refractivity contribution in [3.63, 3.8) is 0 Å². The number of benzene rings is 1. The number of hydrogen-bond acceptors (Lipinski definition) is 5. The van der Waals surface area contributed by atoms with Crippen LogP contribution in [-0.2, 0) is 6.61 Å². The second kappa shape index (κ2) is 5.67. The first-order valence-electron chi connectivity index (χ1n) is 5.26. The molecule has 0 amide bonds. The van der Waals surface area contributed by atoms with Crippen molar-refractivity contribution in [2.24, 2.45) is 5.16 Å². The SMILES string of the molecule is O=c1cc(/C=N/O)occ1OCc1ccccc1. The third kappa shape index (κ3) is 2.98. The Morgan fingerprint density at radius 1 is 1.33 bits per heavy atom. The molecule has 5 heteroatoms. The average molecular weight is 245 g/mol. The molecule has 0 radical (unpaired) electrons. The summed E-state index contributed by atoms with van der Waals surface area (Å²) in [5, 5.41) is 11.1. The van der Waals surface area contributed by atoms with Crippen LogP contribution in [0.3, 0.4) is 0 Å². The van der Waals surface area contributed by atoms with Gasteiger partial charge >= 0.3 is 0 Å². The fraction of sp³-hybridized carbons (Fsp3) is 0.0769. The third-order valence-corrected chi connectivity index (χ3v) is 2.24. The van der Waals surface area contributed by atoms with Crippen LogP contribution in [0.15, 0.2) is 57.0 Å². The van der Waals surface area contributed by atoms with Crippen LogP contribution in [0.1, 0.15) is 11.3 Å². The number of hydrogen-bond donors (Lipinski definition) is 1. The molecule has 0 fully saturated rings. The maximum atomic E-state index is 11.6. The fourth-order valence-corrected chi connectivity index (χ4v) is 1.38. The summed E-state index contributed by atoms with van der Waals surface area (Å²) < 4.78 is 10.4. The predicted octanol–water partition coefficient (Wildman–Crippen LogP) is 2.03. The van der Waals surface area contributed by atoms with Crippen molar-refractivity contribution in [3.05, 3.63) is 64.2 Å². The molecule has 1 N–H and O–H groups in total. The highest BCUT2D eigenvalue weighted by molar-refractivity contribution is 5.74. The van der Waals surface area contributed by atoms with Crippen molar-refractivity contribution in [2.75, 3.05) is 0 Å². The van der Waals surface area contributed by atoms with Crippen LogP contribution in [-0.4, -0.2) is 11.4 Å². The quantitative estimate of drug-likeness (QED) is 0.508. The van der Waals surface area contributed by atoms with E-state index in [-0.39, 0.29) is 16.9 Å². The second-order valence-corrected chi connectivity index (χ2v) is 3.53. The highest BCUT2D eigenvalue weighted by Gasteiger charge is 2.03. The summed E-state index contributed by atoms with van der Waals surface area (Å²) in [6.45, 7) is 0.291. The molecule has 92 valence electrons. The lowest BCUT2D eigenvalue weighted by Crippen LogP contribution is -2.07. The highest BCUT2D eigenvalue weighted by atomic mass is 16.5. The monoisotopic (exact) mass is 245 g/mol. The van der Waals surface area contributed by atoms with E-state index in [2.05, 4.69) is 5.16 Å². The molecule has 0 aliphatic carbocycles. The molecular formula is C13H11NO4. The molecule has 0 unspecified atom stereocenters. The van der Waals surface area contributed by atoms with Gasteiger partial charge in [0.1, 0.15) is 19.1 Å². The van der Waals surface area contributed by atoms with E-state index >= 15 is 0 Å². The lowest BCUT2D eigenvalue weighted by molar-refractivity contribution is 0.291. The summed E-state index contributed by atoms with van der Waals surface area (Å²) in [7, 11) is 0. The Balaban J connectivity index is 2.09. The Kier molecular flexibility index (Phi) is 3.76. The lowest BCUT2D eigenvalue weighted by atomic mass is 10.2. The molecule has 0 saturated carbocycles. The van der Waals surface area contributed by atoms with Crippen LogP contribution < -0.4 is 10.2 Å². The fourth-order valence-electron chi connectivity index (χ4n) is 1.38. The third-order valence-electron chi connectivity index (χ3n) is 2.24. The Bertz CT molecular complexity index is 589. The van der Waals surface area contributed by atoms with Gasteiger partial charge in [0.15, 0.2) is 5.76 Å². The maximum absolute atomic E-state index is 11.6. The van der Waals surface area contributed by atoms with Gasteiger partial charge in [0.2, 0.25) is 11.2 Å². The van der Waals surface area contributed by atoms with Crippen molar-refractivity contribution in [3.8, 4) is 5.75 Å². The molecule has 0 atom stereocenters. The van der Waals surface area contributed by atoms with Gasteiger partial charge in [0, 0.05) is 6.07 Å². The molecule has 0 aliphatic heterocycles. The largest absolute Gasteiger partial charge is 0.482 e. The first-order valence-corrected chi connectivity index (χ1v) is 5.26. The molecular weight excluding hydrogens is 234 g/mol. The summed E-state index contributed by atoms with van der Waals surface area (Å²) in [4.78, 5) is 11.6. The first kappa shape index (κ1) is 11.9. The molecule has 0 bridgehead atoms. The number of nitrogens with zero attached hydrogens (tertiary/aromatic N) is 1. The summed E-state index contributed by atoms with van der Waals surface area (Å²) >= 11 is 0. The topological polar surface area (TPSA) is 72.0 Å². The number of oxime groups is 1. The van der Waals surface area contributed by atoms with E-state index in [9.17, 15) is 4.79 Å². The van der Waals surface area contributed by atoms with Gasteiger partial charge in [0.05, 0.1) is 0 Å². The smallest absolute Gasteiger partial charge is 0.227 e. The summed E-state index contributed by atoms with van der Waals surface area (Å²) in [5.41, 5.74) is 0.630. The molecule has 18 heavy (non-hydrogen) atoms. The van der Waals surface area contributed by atoms with Gasteiger partial charge in [-0.05, 0) is 5.56 Å². The van der Waals surface area contributed by atoms with Crippen molar-refractivity contribution in [2.45, 2.75) is 6.61 Å². The van der Waals surface area contributed by atoms with Crippen molar-refractivity contribution >= 4 is 6.21 Å². The van der Waals surface area contributed by atoms with E-state index in [0.717, 1.165) is 11.8 Å². The van der Waals surface area contributed by atoms with Gasteiger partial charge in [-0.1, -0.05) is 35.5 Å². The summed E-state index contributed by atoms with van der Waals surface area (Å²) in [6, 6.07) is 10.7. The van der Waals surface area contributed by atoms with E-state index in [1.807, 2.05) is 30.3 Å². The van der Waals surface area contributed by atoms with Gasteiger partial charge in [0.25, 0.3) is 0 Å². The molecule has 2 aromatic rings. The zero-order valence-electron chi connectivity index (χ0n) is 9.45. The van der Waals surface area contributed by atoms with Gasteiger partial charge in [-0.3, -0.25) is 4.79 Å². The van der Waals surface area contributed by atoms with Crippen LogP contribution in [0.5, 0.6) is 5.75 Å². The minimum atomic E-state index is -0.327. The molecule has 1 aromatic carbocycles. The van der Waals surface area contributed by atoms with E-state index in [0.29, 0.717) is 6.61 Å². The predicted molar refractivity (Wildman–Crippen MR) is 65.1 cm³/mol. The molecule has 5 nitrogen and oxygen atoms in total. The van der Waals surface area contributed by atoms with Crippen LogP contribution >= 0.6 is 0 Å². The summed E-state index contributed by atoms with van der Waals surface area (Å²) in [5.74, 6) is 0.281. The zero-order chi connectivity index (χ0) is 12.8. The summed E-state index contributed by atoms with van der Waals surface area (Å²) in [6.07, 6.45) is 2.23. The molecule has 0 spiro atoms. The highest BCUT2D eigenvalue weighted by Crippen LogP contribution is 2.08. The zero-order valence-corrected chi connectivity index (χ0v) is 9.45. The minimum Gasteiger partial charge on any atom is -0.482 e. The van der Waals surface area contributed by atoms with E-state index in [1.54, 1.807) is 0 Å². The molecule has 1 aromatic heterocycles. The Morgan fingerprint density at radius 2 is 2.11 bits per heavy atom. The maximum Gasteiger partial charge on any atom is 0.227 e. The molecule has 2 rings (SSSR count). The molecule has 0 saturated heterocycles. The van der Waals surface area contributed by atoms with E-state index in [1.165, 1.54) is 12.3 Å². The Morgan fingerprint density at radius 3 is 2.78 bits per heavy atom. The van der Waals surface area contributed by atoms with Gasteiger partial charge < -0.3 is 14.4 Å². The normalized spacial score (nSPS) is 10.7.